The molecular formula is C41H64N2. The Morgan fingerprint density at radius 3 is 2.30 bits per heavy atom. The second-order valence-electron chi connectivity index (χ2n) is 15.0. The van der Waals surface area contributed by atoms with Crippen molar-refractivity contribution >= 4 is 18.2 Å². The molecule has 43 heavy (non-hydrogen) atoms. The van der Waals surface area contributed by atoms with Crippen LogP contribution in [-0.4, -0.2) is 27.6 Å². The number of aromatic nitrogens is 1. The number of allylic oxidation sites excluding steroid dienone is 5. The van der Waals surface area contributed by atoms with Crippen LogP contribution in [0.1, 0.15) is 154 Å². The van der Waals surface area contributed by atoms with E-state index in [1.54, 1.807) is 5.56 Å². The first-order chi connectivity index (χ1) is 20.9. The van der Waals surface area contributed by atoms with E-state index < -0.39 is 0 Å². The summed E-state index contributed by atoms with van der Waals surface area (Å²) in [5, 5.41) is 0. The van der Waals surface area contributed by atoms with Crippen molar-refractivity contribution in [3.63, 3.8) is 0 Å². The minimum Gasteiger partial charge on any atom is -0.338 e. The zero-order valence-electron chi connectivity index (χ0n) is 28.9. The molecule has 0 bridgehead atoms. The lowest BCUT2D eigenvalue weighted by Gasteiger charge is -2.42. The minimum absolute atomic E-state index is 0.634. The van der Waals surface area contributed by atoms with Gasteiger partial charge in [0.25, 0.3) is 0 Å². The summed E-state index contributed by atoms with van der Waals surface area (Å²) in [7, 11) is 0. The normalized spacial score (nSPS) is 33.2. The van der Waals surface area contributed by atoms with Crippen molar-refractivity contribution in [1.82, 2.24) is 9.47 Å². The maximum Gasteiger partial charge on any atom is 0.0490 e. The summed E-state index contributed by atoms with van der Waals surface area (Å²) >= 11 is 0. The quantitative estimate of drug-likeness (QED) is 0.237. The molecule has 1 saturated heterocycles. The van der Waals surface area contributed by atoms with Crippen molar-refractivity contribution < 1.29 is 0 Å². The summed E-state index contributed by atoms with van der Waals surface area (Å²) in [6, 6.07) is 2.89. The number of hydrogen-bond donors (Lipinski definition) is 0. The molecular weight excluding hydrogens is 520 g/mol. The van der Waals surface area contributed by atoms with Gasteiger partial charge in [-0.1, -0.05) is 104 Å². The van der Waals surface area contributed by atoms with Crippen LogP contribution in [0.4, 0.5) is 0 Å². The van der Waals surface area contributed by atoms with Crippen molar-refractivity contribution in [2.75, 3.05) is 0 Å². The number of hydrogen-bond acceptors (Lipinski definition) is 1. The highest BCUT2D eigenvalue weighted by Gasteiger charge is 2.46. The van der Waals surface area contributed by atoms with Crippen molar-refractivity contribution in [2.45, 2.75) is 156 Å². The van der Waals surface area contributed by atoms with Crippen LogP contribution in [0.25, 0.3) is 18.2 Å². The second-order valence-corrected chi connectivity index (χ2v) is 15.0. The van der Waals surface area contributed by atoms with Crippen LogP contribution in [0, 0.1) is 29.6 Å². The van der Waals surface area contributed by atoms with Gasteiger partial charge in [-0.05, 0) is 112 Å². The maximum atomic E-state index is 3.08. The first-order valence-electron chi connectivity index (χ1n) is 18.6. The first kappa shape index (κ1) is 32.6. The summed E-state index contributed by atoms with van der Waals surface area (Å²) in [6.07, 6.45) is 35.7. The van der Waals surface area contributed by atoms with Crippen molar-refractivity contribution in [3.05, 3.63) is 52.9 Å². The summed E-state index contributed by atoms with van der Waals surface area (Å²) in [5.41, 5.74) is 5.99. The summed E-state index contributed by atoms with van der Waals surface area (Å²) in [4.78, 5) is 3.08. The van der Waals surface area contributed by atoms with Gasteiger partial charge in [-0.15, -0.1) is 0 Å². The SMILES string of the molecule is CCCCC1C(CC)C(C)C(C)N1[C@@H](CCC(C)C1CCC(n2c3c(c4c2\C=C/C=C/C=C\4)CCC=C3)CC1)C(C)CC. The molecule has 5 rings (SSSR count). The molecule has 0 amide bonds. The van der Waals surface area contributed by atoms with Gasteiger partial charge in [-0.25, -0.2) is 0 Å². The van der Waals surface area contributed by atoms with Gasteiger partial charge in [0.15, 0.2) is 0 Å². The Balaban J connectivity index is 1.26. The van der Waals surface area contributed by atoms with Crippen molar-refractivity contribution in [2.24, 2.45) is 29.6 Å². The van der Waals surface area contributed by atoms with Gasteiger partial charge >= 0.3 is 0 Å². The smallest absolute Gasteiger partial charge is 0.0490 e. The van der Waals surface area contributed by atoms with E-state index in [2.05, 4.69) is 107 Å². The fourth-order valence-corrected chi connectivity index (χ4v) is 9.81. The van der Waals surface area contributed by atoms with Gasteiger partial charge in [0, 0.05) is 41.1 Å². The Labute approximate surface area is 265 Å². The van der Waals surface area contributed by atoms with E-state index in [-0.39, 0.29) is 0 Å². The van der Waals surface area contributed by atoms with E-state index in [0.717, 1.165) is 47.7 Å². The van der Waals surface area contributed by atoms with Gasteiger partial charge < -0.3 is 4.57 Å². The lowest BCUT2D eigenvalue weighted by Crippen LogP contribution is -2.48. The molecule has 238 valence electrons. The lowest BCUT2D eigenvalue weighted by molar-refractivity contribution is 0.0642. The first-order valence-corrected chi connectivity index (χ1v) is 18.6. The Bertz CT molecular complexity index is 1150. The summed E-state index contributed by atoms with van der Waals surface area (Å²) in [5.74, 6) is 4.18. The van der Waals surface area contributed by atoms with E-state index in [9.17, 15) is 0 Å². The molecule has 0 spiro atoms. The molecule has 6 unspecified atom stereocenters. The van der Waals surface area contributed by atoms with Crippen molar-refractivity contribution in [1.29, 1.82) is 0 Å². The average molecular weight is 585 g/mol. The molecule has 2 heteroatoms. The van der Waals surface area contributed by atoms with Crippen LogP contribution in [0.5, 0.6) is 0 Å². The van der Waals surface area contributed by atoms with Gasteiger partial charge in [-0.2, -0.15) is 0 Å². The van der Waals surface area contributed by atoms with Gasteiger partial charge in [0.05, 0.1) is 0 Å². The topological polar surface area (TPSA) is 8.17 Å². The number of fused-ring (bicyclic) bond motifs is 3. The standard InChI is InChI=1S/C41H64N2/c1-8-11-20-39-35(10-3)31(6)32(7)42(39)38(29(4)9-2)28-23-30(5)33-24-26-34(27-25-33)43-40-21-15-13-12-14-18-36(40)37-19-16-17-22-41(37)43/h12-15,17-18,21-22,29-35,38-39H,8-11,16,19-20,23-28H2,1-7H3/b13-12+,14-12?,15-13?,18-14-,21-15-,36-18?,40-21?/t29?,30?,31?,32?,33?,34?,35?,38-,39?/m0/s1. The molecule has 1 aromatic rings. The molecule has 3 aliphatic carbocycles. The van der Waals surface area contributed by atoms with E-state index >= 15 is 0 Å². The molecule has 0 N–H and O–H groups in total. The predicted octanol–water partition coefficient (Wildman–Crippen LogP) is 11.5. The number of unbranched alkanes of at least 4 members (excludes halogenated alkanes) is 1. The molecule has 1 aromatic heterocycles. The van der Waals surface area contributed by atoms with Gasteiger partial charge in [-0.3, -0.25) is 4.90 Å². The summed E-state index contributed by atoms with van der Waals surface area (Å²) in [6.45, 7) is 17.6. The largest absolute Gasteiger partial charge is 0.338 e. The lowest BCUT2D eigenvalue weighted by atomic mass is 9.76. The molecule has 7 atom stereocenters. The Morgan fingerprint density at radius 1 is 0.860 bits per heavy atom. The third kappa shape index (κ3) is 6.75. The highest BCUT2D eigenvalue weighted by Crippen LogP contribution is 2.45. The zero-order valence-corrected chi connectivity index (χ0v) is 28.9. The van der Waals surface area contributed by atoms with Crippen LogP contribution in [0.2, 0.25) is 0 Å². The van der Waals surface area contributed by atoms with Crippen LogP contribution >= 0.6 is 0 Å². The van der Waals surface area contributed by atoms with E-state index in [4.69, 9.17) is 0 Å². The summed E-state index contributed by atoms with van der Waals surface area (Å²) < 4.78 is 2.75. The highest BCUT2D eigenvalue weighted by molar-refractivity contribution is 5.75. The molecule has 1 aliphatic heterocycles. The second kappa shape index (κ2) is 15.0. The fraction of sp³-hybridized carbons (Fsp3) is 0.707. The molecule has 2 nitrogen and oxygen atoms in total. The average Bonchev–Trinajstić information content (AvgIpc) is 3.44. The fourth-order valence-electron chi connectivity index (χ4n) is 9.81. The molecule has 2 heterocycles. The minimum atomic E-state index is 0.634. The van der Waals surface area contributed by atoms with Crippen molar-refractivity contribution in [3.8, 4) is 0 Å². The number of nitrogens with zero attached hydrogens (tertiary/aromatic N) is 2. The Kier molecular flexibility index (Phi) is 11.4. The molecule has 4 aliphatic rings. The predicted molar refractivity (Wildman–Crippen MR) is 189 cm³/mol. The zero-order chi connectivity index (χ0) is 30.5. The van der Waals surface area contributed by atoms with Gasteiger partial charge in [0.2, 0.25) is 0 Å². The van der Waals surface area contributed by atoms with Crippen LogP contribution in [0.3, 0.4) is 0 Å². The maximum absolute atomic E-state index is 3.08. The molecule has 1 saturated carbocycles. The Morgan fingerprint density at radius 2 is 1.60 bits per heavy atom. The van der Waals surface area contributed by atoms with E-state index in [0.29, 0.717) is 6.04 Å². The third-order valence-corrected chi connectivity index (χ3v) is 12.7. The van der Waals surface area contributed by atoms with Crippen LogP contribution in [-0.2, 0) is 6.42 Å². The van der Waals surface area contributed by atoms with Crippen LogP contribution < -0.4 is 0 Å². The van der Waals surface area contributed by atoms with Gasteiger partial charge in [0.1, 0.15) is 0 Å². The van der Waals surface area contributed by atoms with E-state index in [1.165, 1.54) is 100 Å². The molecule has 0 aromatic carbocycles. The molecule has 0 radical (unpaired) electrons. The monoisotopic (exact) mass is 585 g/mol. The highest BCUT2D eigenvalue weighted by atomic mass is 15.3. The van der Waals surface area contributed by atoms with Crippen LogP contribution in [0.15, 0.2) is 30.4 Å². The number of rotatable bonds is 12. The Hall–Kier alpha value is -1.80. The third-order valence-electron chi connectivity index (χ3n) is 12.7. The van der Waals surface area contributed by atoms with E-state index in [1.807, 2.05) is 0 Å². The molecule has 2 fully saturated rings. The number of likely N-dealkylation sites (tertiary alicyclic amines) is 1.